The first-order valence-electron chi connectivity index (χ1n) is 10.3. The molecule has 1 atom stereocenters. The summed E-state index contributed by atoms with van der Waals surface area (Å²) < 4.78 is 8.74. The fourth-order valence-electron chi connectivity index (χ4n) is 4.14. The molecule has 2 heteroatoms. The van der Waals surface area contributed by atoms with Gasteiger partial charge < -0.3 is 9.30 Å². The standard InChI is InChI=1S/C25H29NO/c1-2-3-6-15-23-16-21-17-24(27-19-20-11-7-4-8-12-20)18-25(21)26(23)22-13-9-5-10-14-22/h4-5,7-14,16,24H,2-3,6,15,17-19H2,1H3. The van der Waals surface area contributed by atoms with E-state index >= 15 is 0 Å². The first-order chi connectivity index (χ1) is 13.3. The largest absolute Gasteiger partial charge is 0.373 e. The highest BCUT2D eigenvalue weighted by molar-refractivity contribution is 5.44. The predicted octanol–water partition coefficient (Wildman–Crippen LogP) is 5.89. The third-order valence-electron chi connectivity index (χ3n) is 5.52. The summed E-state index contributed by atoms with van der Waals surface area (Å²) in [7, 11) is 0. The van der Waals surface area contributed by atoms with Crippen molar-refractivity contribution in [2.75, 3.05) is 0 Å². The number of benzene rings is 2. The molecule has 0 fully saturated rings. The summed E-state index contributed by atoms with van der Waals surface area (Å²) in [5.41, 5.74) is 6.92. The zero-order valence-corrected chi connectivity index (χ0v) is 16.2. The van der Waals surface area contributed by atoms with Crippen LogP contribution in [0.5, 0.6) is 0 Å². The molecule has 1 aliphatic carbocycles. The van der Waals surface area contributed by atoms with E-state index in [2.05, 4.69) is 78.2 Å². The summed E-state index contributed by atoms with van der Waals surface area (Å²) >= 11 is 0. The predicted molar refractivity (Wildman–Crippen MR) is 111 cm³/mol. The van der Waals surface area contributed by atoms with E-state index in [1.165, 1.54) is 47.5 Å². The number of ether oxygens (including phenoxy) is 1. The van der Waals surface area contributed by atoms with Gasteiger partial charge >= 0.3 is 0 Å². The molecule has 2 aromatic carbocycles. The zero-order valence-electron chi connectivity index (χ0n) is 16.2. The van der Waals surface area contributed by atoms with Gasteiger partial charge in [-0.1, -0.05) is 68.3 Å². The van der Waals surface area contributed by atoms with Crippen LogP contribution in [0, 0.1) is 0 Å². The average Bonchev–Trinajstić information content (AvgIpc) is 3.25. The normalized spacial score (nSPS) is 15.8. The Morgan fingerprint density at radius 2 is 1.67 bits per heavy atom. The fourth-order valence-corrected chi connectivity index (χ4v) is 4.14. The van der Waals surface area contributed by atoms with E-state index in [0.29, 0.717) is 6.61 Å². The van der Waals surface area contributed by atoms with Gasteiger partial charge in [-0.25, -0.2) is 0 Å². The highest BCUT2D eigenvalue weighted by atomic mass is 16.5. The Hall–Kier alpha value is -2.32. The van der Waals surface area contributed by atoms with Gasteiger partial charge in [0.1, 0.15) is 0 Å². The first-order valence-corrected chi connectivity index (χ1v) is 10.3. The van der Waals surface area contributed by atoms with Crippen molar-refractivity contribution in [2.45, 2.75) is 58.2 Å². The maximum atomic E-state index is 6.25. The van der Waals surface area contributed by atoms with Gasteiger partial charge in [0.25, 0.3) is 0 Å². The molecule has 1 aromatic heterocycles. The van der Waals surface area contributed by atoms with Crippen LogP contribution in [0.25, 0.3) is 5.69 Å². The Balaban J connectivity index is 1.52. The maximum absolute atomic E-state index is 6.25. The SMILES string of the molecule is CCCCCc1cc2c(n1-c1ccccc1)CC(OCc1ccccc1)C2. The monoisotopic (exact) mass is 359 g/mol. The number of aryl methyl sites for hydroxylation is 1. The molecule has 0 radical (unpaired) electrons. The third-order valence-corrected chi connectivity index (χ3v) is 5.52. The quantitative estimate of drug-likeness (QED) is 0.457. The van der Waals surface area contributed by atoms with Crippen molar-refractivity contribution >= 4 is 0 Å². The molecule has 0 aliphatic heterocycles. The maximum Gasteiger partial charge on any atom is 0.0720 e. The molecule has 1 aliphatic rings. The van der Waals surface area contributed by atoms with Gasteiger partial charge in [-0.15, -0.1) is 0 Å². The summed E-state index contributed by atoms with van der Waals surface area (Å²) in [6.07, 6.45) is 7.31. The number of unbranched alkanes of at least 4 members (excludes halogenated alkanes) is 2. The lowest BCUT2D eigenvalue weighted by molar-refractivity contribution is 0.0473. The lowest BCUT2D eigenvalue weighted by Crippen LogP contribution is -2.15. The van der Waals surface area contributed by atoms with Gasteiger partial charge in [0.2, 0.25) is 0 Å². The smallest absolute Gasteiger partial charge is 0.0720 e. The molecule has 0 spiro atoms. The molecule has 140 valence electrons. The number of para-hydroxylation sites is 1. The third kappa shape index (κ3) is 4.17. The Labute approximate surface area is 162 Å². The van der Waals surface area contributed by atoms with E-state index in [1.54, 1.807) is 0 Å². The Morgan fingerprint density at radius 3 is 2.41 bits per heavy atom. The summed E-state index contributed by atoms with van der Waals surface area (Å²) in [5.74, 6) is 0. The topological polar surface area (TPSA) is 14.2 Å². The highest BCUT2D eigenvalue weighted by Gasteiger charge is 2.28. The van der Waals surface area contributed by atoms with Crippen LogP contribution in [-0.4, -0.2) is 10.7 Å². The van der Waals surface area contributed by atoms with Crippen LogP contribution in [0.15, 0.2) is 66.7 Å². The van der Waals surface area contributed by atoms with E-state index in [0.717, 1.165) is 19.3 Å². The molecule has 1 unspecified atom stereocenters. The van der Waals surface area contributed by atoms with Crippen molar-refractivity contribution in [1.29, 1.82) is 0 Å². The lowest BCUT2D eigenvalue weighted by Gasteiger charge is -2.16. The number of rotatable bonds is 8. The van der Waals surface area contributed by atoms with Crippen molar-refractivity contribution < 1.29 is 4.74 Å². The fraction of sp³-hybridized carbons (Fsp3) is 0.360. The van der Waals surface area contributed by atoms with E-state index < -0.39 is 0 Å². The van der Waals surface area contributed by atoms with Crippen LogP contribution in [0.4, 0.5) is 0 Å². The Bertz CT molecular complexity index is 851. The number of hydrogen-bond acceptors (Lipinski definition) is 1. The number of hydrogen-bond donors (Lipinski definition) is 0. The van der Waals surface area contributed by atoms with Crippen molar-refractivity contribution in [3.63, 3.8) is 0 Å². The first kappa shape index (κ1) is 18.1. The van der Waals surface area contributed by atoms with E-state index in [9.17, 15) is 0 Å². The molecule has 3 aromatic rings. The van der Waals surface area contributed by atoms with Crippen LogP contribution in [-0.2, 0) is 30.6 Å². The minimum atomic E-state index is 0.287. The van der Waals surface area contributed by atoms with Crippen molar-refractivity contribution in [2.24, 2.45) is 0 Å². The minimum Gasteiger partial charge on any atom is -0.373 e. The van der Waals surface area contributed by atoms with Gasteiger partial charge in [0.05, 0.1) is 12.7 Å². The molecule has 27 heavy (non-hydrogen) atoms. The second-order valence-electron chi connectivity index (χ2n) is 7.56. The van der Waals surface area contributed by atoms with Crippen molar-refractivity contribution in [3.05, 3.63) is 89.2 Å². The second-order valence-corrected chi connectivity index (χ2v) is 7.56. The Morgan fingerprint density at radius 1 is 0.926 bits per heavy atom. The highest BCUT2D eigenvalue weighted by Crippen LogP contribution is 2.32. The van der Waals surface area contributed by atoms with E-state index in [-0.39, 0.29) is 6.10 Å². The van der Waals surface area contributed by atoms with Gasteiger partial charge in [-0.3, -0.25) is 0 Å². The molecular weight excluding hydrogens is 330 g/mol. The van der Waals surface area contributed by atoms with Crippen LogP contribution in [0.2, 0.25) is 0 Å². The molecule has 1 heterocycles. The second kappa shape index (κ2) is 8.58. The van der Waals surface area contributed by atoms with Crippen molar-refractivity contribution in [3.8, 4) is 5.69 Å². The van der Waals surface area contributed by atoms with Crippen molar-refractivity contribution in [1.82, 2.24) is 4.57 Å². The summed E-state index contributed by atoms with van der Waals surface area (Å²) in [4.78, 5) is 0. The van der Waals surface area contributed by atoms with Gasteiger partial charge in [0, 0.05) is 29.9 Å². The minimum absolute atomic E-state index is 0.287. The van der Waals surface area contributed by atoms with Crippen LogP contribution in [0.3, 0.4) is 0 Å². The Kier molecular flexibility index (Phi) is 5.74. The molecule has 0 bridgehead atoms. The molecule has 0 saturated heterocycles. The molecule has 2 nitrogen and oxygen atoms in total. The lowest BCUT2D eigenvalue weighted by atomic mass is 10.1. The zero-order chi connectivity index (χ0) is 18.5. The molecule has 0 saturated carbocycles. The summed E-state index contributed by atoms with van der Waals surface area (Å²) in [5, 5.41) is 0. The van der Waals surface area contributed by atoms with Gasteiger partial charge in [-0.05, 0) is 42.2 Å². The molecule has 0 N–H and O–H groups in total. The van der Waals surface area contributed by atoms with Gasteiger partial charge in [0.15, 0.2) is 0 Å². The van der Waals surface area contributed by atoms with Crippen LogP contribution < -0.4 is 0 Å². The van der Waals surface area contributed by atoms with Crippen LogP contribution in [0.1, 0.15) is 48.7 Å². The molecule has 0 amide bonds. The number of nitrogens with zero attached hydrogens (tertiary/aromatic N) is 1. The number of fused-ring (bicyclic) bond motifs is 1. The van der Waals surface area contributed by atoms with E-state index in [1.807, 2.05) is 0 Å². The van der Waals surface area contributed by atoms with E-state index in [4.69, 9.17) is 4.74 Å². The molecule has 4 rings (SSSR count). The average molecular weight is 360 g/mol. The number of aromatic nitrogens is 1. The van der Waals surface area contributed by atoms with Crippen LogP contribution >= 0.6 is 0 Å². The summed E-state index contributed by atoms with van der Waals surface area (Å²) in [6, 6.07) is 23.7. The summed E-state index contributed by atoms with van der Waals surface area (Å²) in [6.45, 7) is 2.97. The molecular formula is C25H29NO. The van der Waals surface area contributed by atoms with Gasteiger partial charge in [-0.2, -0.15) is 0 Å².